The molecular formula is C26H34Cl2N2O2. The minimum absolute atomic E-state index is 0.0480. The van der Waals surface area contributed by atoms with Crippen LogP contribution in [-0.4, -0.2) is 29.3 Å². The lowest BCUT2D eigenvalue weighted by Gasteiger charge is -2.31. The highest BCUT2D eigenvalue weighted by molar-refractivity contribution is 6.42. The third-order valence-corrected chi connectivity index (χ3v) is 6.35. The number of nitrogens with zero attached hydrogens (tertiary/aromatic N) is 1. The van der Waals surface area contributed by atoms with Crippen molar-refractivity contribution in [2.24, 2.45) is 0 Å². The highest BCUT2D eigenvalue weighted by Crippen LogP contribution is 2.24. The zero-order valence-corrected chi connectivity index (χ0v) is 20.8. The molecule has 0 spiro atoms. The predicted molar refractivity (Wildman–Crippen MR) is 133 cm³/mol. The van der Waals surface area contributed by atoms with Crippen LogP contribution in [0.15, 0.2) is 42.5 Å². The smallest absolute Gasteiger partial charge is 0.242 e. The summed E-state index contributed by atoms with van der Waals surface area (Å²) >= 11 is 12.2. The maximum absolute atomic E-state index is 13.3. The van der Waals surface area contributed by atoms with E-state index in [4.69, 9.17) is 23.2 Å². The van der Waals surface area contributed by atoms with Gasteiger partial charge >= 0.3 is 0 Å². The van der Waals surface area contributed by atoms with Crippen molar-refractivity contribution < 1.29 is 9.59 Å². The van der Waals surface area contributed by atoms with E-state index >= 15 is 0 Å². The van der Waals surface area contributed by atoms with Crippen LogP contribution in [0.1, 0.15) is 63.1 Å². The molecule has 0 saturated carbocycles. The summed E-state index contributed by atoms with van der Waals surface area (Å²) in [7, 11) is 0. The van der Waals surface area contributed by atoms with Crippen molar-refractivity contribution >= 4 is 35.0 Å². The van der Waals surface area contributed by atoms with E-state index < -0.39 is 6.04 Å². The van der Waals surface area contributed by atoms with Crippen LogP contribution in [0.4, 0.5) is 0 Å². The Morgan fingerprint density at radius 2 is 1.59 bits per heavy atom. The van der Waals surface area contributed by atoms with E-state index in [0.29, 0.717) is 42.4 Å². The van der Waals surface area contributed by atoms with Crippen LogP contribution in [0.3, 0.4) is 0 Å². The van der Waals surface area contributed by atoms with Gasteiger partial charge in [0.2, 0.25) is 11.8 Å². The SMILES string of the molecule is CCCCNC(=O)C(CC)N(Cc1ccc(Cl)c(Cl)c1)C(=O)CCc1ccc(CC)cc1. The van der Waals surface area contributed by atoms with Crippen molar-refractivity contribution in [3.05, 3.63) is 69.2 Å². The summed E-state index contributed by atoms with van der Waals surface area (Å²) < 4.78 is 0. The van der Waals surface area contributed by atoms with E-state index in [1.165, 1.54) is 5.56 Å². The Balaban J connectivity index is 2.18. The first kappa shape index (κ1) is 26.2. The molecule has 0 fully saturated rings. The number of hydrogen-bond donors (Lipinski definition) is 1. The van der Waals surface area contributed by atoms with Crippen LogP contribution in [0.5, 0.6) is 0 Å². The van der Waals surface area contributed by atoms with Gasteiger partial charge in [-0.2, -0.15) is 0 Å². The molecule has 4 nitrogen and oxygen atoms in total. The van der Waals surface area contributed by atoms with Gasteiger partial charge in [-0.15, -0.1) is 0 Å². The van der Waals surface area contributed by atoms with E-state index in [1.807, 2.05) is 13.0 Å². The van der Waals surface area contributed by atoms with Gasteiger partial charge in [0.05, 0.1) is 10.0 Å². The summed E-state index contributed by atoms with van der Waals surface area (Å²) in [6, 6.07) is 13.1. The lowest BCUT2D eigenvalue weighted by atomic mass is 10.0. The Labute approximate surface area is 202 Å². The number of benzene rings is 2. The molecule has 0 aromatic heterocycles. The molecule has 174 valence electrons. The lowest BCUT2D eigenvalue weighted by Crippen LogP contribution is -2.49. The highest BCUT2D eigenvalue weighted by Gasteiger charge is 2.28. The van der Waals surface area contributed by atoms with Crippen molar-refractivity contribution in [3.63, 3.8) is 0 Å². The number of hydrogen-bond acceptors (Lipinski definition) is 2. The first-order valence-electron chi connectivity index (χ1n) is 11.5. The Kier molecular flexibility index (Phi) is 11.1. The van der Waals surface area contributed by atoms with E-state index in [1.54, 1.807) is 17.0 Å². The fraction of sp³-hybridized carbons (Fsp3) is 0.462. The number of halogens is 2. The Hall–Kier alpha value is -2.04. The maximum Gasteiger partial charge on any atom is 0.242 e. The van der Waals surface area contributed by atoms with Gasteiger partial charge in [0, 0.05) is 19.5 Å². The quantitative estimate of drug-likeness (QED) is 0.370. The molecule has 32 heavy (non-hydrogen) atoms. The van der Waals surface area contributed by atoms with Crippen LogP contribution in [0.25, 0.3) is 0 Å². The second-order valence-electron chi connectivity index (χ2n) is 8.01. The highest BCUT2D eigenvalue weighted by atomic mass is 35.5. The molecule has 0 aliphatic carbocycles. The fourth-order valence-corrected chi connectivity index (χ4v) is 3.92. The number of nitrogens with one attached hydrogen (secondary N) is 1. The van der Waals surface area contributed by atoms with E-state index in [0.717, 1.165) is 30.4 Å². The molecule has 0 bridgehead atoms. The molecule has 0 saturated heterocycles. The number of aryl methyl sites for hydroxylation is 2. The lowest BCUT2D eigenvalue weighted by molar-refractivity contribution is -0.141. The fourth-order valence-electron chi connectivity index (χ4n) is 3.60. The van der Waals surface area contributed by atoms with Crippen LogP contribution in [0, 0.1) is 0 Å². The van der Waals surface area contributed by atoms with Gasteiger partial charge in [-0.05, 0) is 54.5 Å². The summed E-state index contributed by atoms with van der Waals surface area (Å²) in [5.41, 5.74) is 3.24. The van der Waals surface area contributed by atoms with Crippen molar-refractivity contribution in [1.29, 1.82) is 0 Å². The molecule has 1 N–H and O–H groups in total. The second kappa shape index (κ2) is 13.5. The summed E-state index contributed by atoms with van der Waals surface area (Å²) in [6.07, 6.45) is 4.41. The van der Waals surface area contributed by atoms with Crippen LogP contribution >= 0.6 is 23.2 Å². The third-order valence-electron chi connectivity index (χ3n) is 5.61. The number of carbonyl (C=O) groups excluding carboxylic acids is 2. The summed E-state index contributed by atoms with van der Waals surface area (Å²) in [4.78, 5) is 27.9. The van der Waals surface area contributed by atoms with Crippen LogP contribution < -0.4 is 5.32 Å². The second-order valence-corrected chi connectivity index (χ2v) is 8.82. The zero-order valence-electron chi connectivity index (χ0n) is 19.3. The zero-order chi connectivity index (χ0) is 23.5. The molecule has 1 unspecified atom stereocenters. The molecule has 2 aromatic rings. The molecule has 2 rings (SSSR count). The van der Waals surface area contributed by atoms with Crippen molar-refractivity contribution in [2.75, 3.05) is 6.54 Å². The Morgan fingerprint density at radius 3 is 2.19 bits per heavy atom. The molecule has 0 aliphatic heterocycles. The minimum Gasteiger partial charge on any atom is -0.354 e. The molecule has 2 aromatic carbocycles. The van der Waals surface area contributed by atoms with Gasteiger partial charge in [0.25, 0.3) is 0 Å². The first-order valence-corrected chi connectivity index (χ1v) is 12.2. The topological polar surface area (TPSA) is 49.4 Å². The molecular weight excluding hydrogens is 443 g/mol. The molecule has 6 heteroatoms. The number of rotatable bonds is 12. The molecule has 0 radical (unpaired) electrons. The van der Waals surface area contributed by atoms with Gasteiger partial charge in [0.1, 0.15) is 6.04 Å². The number of amides is 2. The van der Waals surface area contributed by atoms with Gasteiger partial charge in [-0.25, -0.2) is 0 Å². The number of unbranched alkanes of at least 4 members (excludes halogenated alkanes) is 1. The van der Waals surface area contributed by atoms with Gasteiger partial charge in [-0.3, -0.25) is 9.59 Å². The van der Waals surface area contributed by atoms with Crippen LogP contribution in [-0.2, 0) is 29.0 Å². The number of carbonyl (C=O) groups is 2. The Bertz CT molecular complexity index is 884. The van der Waals surface area contributed by atoms with E-state index in [9.17, 15) is 9.59 Å². The molecule has 0 heterocycles. The van der Waals surface area contributed by atoms with Crippen molar-refractivity contribution in [1.82, 2.24) is 10.2 Å². The maximum atomic E-state index is 13.3. The predicted octanol–water partition coefficient (Wildman–Crippen LogP) is 6.21. The molecule has 2 amide bonds. The summed E-state index contributed by atoms with van der Waals surface area (Å²) in [5, 5.41) is 3.89. The van der Waals surface area contributed by atoms with Crippen molar-refractivity contribution in [2.45, 2.75) is 71.9 Å². The summed E-state index contributed by atoms with van der Waals surface area (Å²) in [6.45, 7) is 7.06. The summed E-state index contributed by atoms with van der Waals surface area (Å²) in [5.74, 6) is -0.158. The normalized spacial score (nSPS) is 11.8. The van der Waals surface area contributed by atoms with Gasteiger partial charge < -0.3 is 10.2 Å². The molecule has 1 atom stereocenters. The first-order chi connectivity index (χ1) is 15.4. The van der Waals surface area contributed by atoms with Gasteiger partial charge in [-0.1, -0.05) is 80.7 Å². The van der Waals surface area contributed by atoms with Crippen LogP contribution in [0.2, 0.25) is 10.0 Å². The monoisotopic (exact) mass is 476 g/mol. The standard InChI is InChI=1S/C26H34Cl2N2O2/c1-4-7-16-29-26(32)24(6-3)30(18-21-12-14-22(27)23(28)17-21)25(31)15-13-20-10-8-19(5-2)9-11-20/h8-12,14,17,24H,4-7,13,15-16,18H2,1-3H3,(H,29,32). The molecule has 0 aliphatic rings. The van der Waals surface area contributed by atoms with Gasteiger partial charge in [0.15, 0.2) is 0 Å². The Morgan fingerprint density at radius 1 is 0.938 bits per heavy atom. The average Bonchev–Trinajstić information content (AvgIpc) is 2.80. The van der Waals surface area contributed by atoms with E-state index in [2.05, 4.69) is 43.4 Å². The average molecular weight is 477 g/mol. The third kappa shape index (κ3) is 7.83. The van der Waals surface area contributed by atoms with E-state index in [-0.39, 0.29) is 11.8 Å². The van der Waals surface area contributed by atoms with Crippen molar-refractivity contribution in [3.8, 4) is 0 Å². The minimum atomic E-state index is -0.531. The largest absolute Gasteiger partial charge is 0.354 e.